The van der Waals surface area contributed by atoms with E-state index in [4.69, 9.17) is 14.5 Å². The van der Waals surface area contributed by atoms with E-state index in [0.717, 1.165) is 43.2 Å². The highest BCUT2D eigenvalue weighted by Crippen LogP contribution is 2.21. The van der Waals surface area contributed by atoms with Gasteiger partial charge in [-0.3, -0.25) is 0 Å². The van der Waals surface area contributed by atoms with Crippen LogP contribution in [0.4, 0.5) is 0 Å². The summed E-state index contributed by atoms with van der Waals surface area (Å²) >= 11 is 1.89. The van der Waals surface area contributed by atoms with E-state index in [1.54, 1.807) is 7.11 Å². The summed E-state index contributed by atoms with van der Waals surface area (Å²) < 4.78 is 11.0. The Bertz CT molecular complexity index is 524. The first-order valence-corrected chi connectivity index (χ1v) is 10.8. The summed E-state index contributed by atoms with van der Waals surface area (Å²) in [4.78, 5) is 4.72. The van der Waals surface area contributed by atoms with Crippen molar-refractivity contribution < 1.29 is 9.47 Å². The zero-order chi connectivity index (χ0) is 19.0. The number of hydrogen-bond donors (Lipinski definition) is 2. The van der Waals surface area contributed by atoms with Crippen LogP contribution >= 0.6 is 11.8 Å². The molecule has 0 unspecified atom stereocenters. The molecule has 1 aromatic carbocycles. The lowest BCUT2D eigenvalue weighted by atomic mass is 10.1. The van der Waals surface area contributed by atoms with Crippen LogP contribution in [0.15, 0.2) is 23.2 Å². The molecule has 0 atom stereocenters. The van der Waals surface area contributed by atoms with E-state index in [1.165, 1.54) is 17.7 Å². The Morgan fingerprint density at radius 1 is 1.15 bits per heavy atom. The molecule has 1 rings (SSSR count). The Hall–Kier alpha value is -1.40. The van der Waals surface area contributed by atoms with Gasteiger partial charge in [-0.25, -0.2) is 4.99 Å². The predicted molar refractivity (Wildman–Crippen MR) is 114 cm³/mol. The third-order valence-corrected chi connectivity index (χ3v) is 4.49. The zero-order valence-corrected chi connectivity index (χ0v) is 17.6. The first-order chi connectivity index (χ1) is 12.7. The number of hydrogen-bond acceptors (Lipinski definition) is 4. The van der Waals surface area contributed by atoms with Gasteiger partial charge in [-0.1, -0.05) is 12.1 Å². The lowest BCUT2D eigenvalue weighted by Crippen LogP contribution is -2.37. The summed E-state index contributed by atoms with van der Waals surface area (Å²) in [6.45, 7) is 7.92. The molecule has 0 spiro atoms. The van der Waals surface area contributed by atoms with Crippen LogP contribution in [0.3, 0.4) is 0 Å². The maximum atomic E-state index is 5.95. The van der Waals surface area contributed by atoms with Gasteiger partial charge in [0.15, 0.2) is 5.96 Å². The zero-order valence-electron chi connectivity index (χ0n) is 16.8. The smallest absolute Gasteiger partial charge is 0.191 e. The number of ether oxygens (including phenoxy) is 2. The molecule has 0 aromatic heterocycles. The number of nitrogens with one attached hydrogen (secondary N) is 2. The minimum atomic E-state index is 0.597. The lowest BCUT2D eigenvalue weighted by molar-refractivity contribution is 0.172. The molecular weight excluding hydrogens is 346 g/mol. The van der Waals surface area contributed by atoms with Crippen molar-refractivity contribution in [3.05, 3.63) is 29.3 Å². The number of aryl methyl sites for hydroxylation is 1. The lowest BCUT2D eigenvalue weighted by Gasteiger charge is -2.13. The molecule has 148 valence electrons. The molecule has 26 heavy (non-hydrogen) atoms. The van der Waals surface area contributed by atoms with Gasteiger partial charge in [0.05, 0.1) is 13.2 Å². The molecule has 0 aliphatic heterocycles. The molecule has 0 heterocycles. The fraction of sp³-hybridized carbons (Fsp3) is 0.650. The minimum absolute atomic E-state index is 0.597. The second-order valence-corrected chi connectivity index (χ2v) is 7.11. The Morgan fingerprint density at radius 3 is 2.73 bits per heavy atom. The molecular formula is C20H35N3O2S. The van der Waals surface area contributed by atoms with Gasteiger partial charge in [0.2, 0.25) is 0 Å². The number of thioether (sulfide) groups is 1. The number of nitrogens with zero attached hydrogens (tertiary/aromatic N) is 1. The molecule has 0 aliphatic carbocycles. The second-order valence-electron chi connectivity index (χ2n) is 6.13. The molecule has 2 N–H and O–H groups in total. The molecule has 1 aromatic rings. The quantitative estimate of drug-likeness (QED) is 0.311. The van der Waals surface area contributed by atoms with Crippen molar-refractivity contribution in [3.63, 3.8) is 0 Å². The van der Waals surface area contributed by atoms with Gasteiger partial charge in [-0.2, -0.15) is 11.8 Å². The fourth-order valence-corrected chi connectivity index (χ4v) is 2.89. The first kappa shape index (κ1) is 22.6. The molecule has 0 saturated heterocycles. The fourth-order valence-electron chi connectivity index (χ4n) is 2.40. The van der Waals surface area contributed by atoms with Crippen molar-refractivity contribution in [1.29, 1.82) is 0 Å². The van der Waals surface area contributed by atoms with E-state index in [1.807, 2.05) is 11.8 Å². The van der Waals surface area contributed by atoms with Crippen LogP contribution in [0, 0.1) is 6.92 Å². The topological polar surface area (TPSA) is 54.9 Å². The maximum Gasteiger partial charge on any atom is 0.191 e. The number of unbranched alkanes of at least 4 members (excludes halogenated alkanes) is 1. The normalized spacial score (nSPS) is 11.5. The molecule has 6 heteroatoms. The van der Waals surface area contributed by atoms with E-state index in [2.05, 4.69) is 48.9 Å². The number of benzene rings is 1. The van der Waals surface area contributed by atoms with Crippen LogP contribution in [-0.4, -0.2) is 51.4 Å². The summed E-state index contributed by atoms with van der Waals surface area (Å²) in [5, 5.41) is 6.72. The summed E-state index contributed by atoms with van der Waals surface area (Å²) in [6, 6.07) is 6.29. The average molecular weight is 382 g/mol. The van der Waals surface area contributed by atoms with Crippen LogP contribution in [0.1, 0.15) is 37.3 Å². The van der Waals surface area contributed by atoms with Crippen molar-refractivity contribution in [2.45, 2.75) is 39.7 Å². The Kier molecular flexibility index (Phi) is 12.8. The van der Waals surface area contributed by atoms with Crippen LogP contribution in [-0.2, 0) is 11.3 Å². The molecule has 0 saturated carbocycles. The van der Waals surface area contributed by atoms with Gasteiger partial charge in [0.1, 0.15) is 5.75 Å². The molecule has 0 aliphatic rings. The van der Waals surface area contributed by atoms with Crippen LogP contribution in [0.25, 0.3) is 0 Å². The van der Waals surface area contributed by atoms with Crippen LogP contribution < -0.4 is 15.4 Å². The SMILES string of the molecule is CCNC(=NCc1ccc(C)cc1OCCCOC)NCCCCSC. The summed E-state index contributed by atoms with van der Waals surface area (Å²) in [6.07, 6.45) is 5.41. The van der Waals surface area contributed by atoms with E-state index in [9.17, 15) is 0 Å². The highest BCUT2D eigenvalue weighted by molar-refractivity contribution is 7.98. The van der Waals surface area contributed by atoms with Crippen molar-refractivity contribution in [2.24, 2.45) is 4.99 Å². The third kappa shape index (κ3) is 9.92. The molecule has 0 fully saturated rings. The molecule has 0 bridgehead atoms. The Morgan fingerprint density at radius 2 is 2.00 bits per heavy atom. The summed E-state index contributed by atoms with van der Waals surface area (Å²) in [5.74, 6) is 2.99. The van der Waals surface area contributed by atoms with E-state index >= 15 is 0 Å². The Labute approximate surface area is 163 Å². The van der Waals surface area contributed by atoms with Gasteiger partial charge in [-0.05, 0) is 50.3 Å². The van der Waals surface area contributed by atoms with Crippen molar-refractivity contribution in [3.8, 4) is 5.75 Å². The molecule has 0 amide bonds. The number of guanidine groups is 1. The monoisotopic (exact) mass is 381 g/mol. The summed E-state index contributed by atoms with van der Waals surface area (Å²) in [5.41, 5.74) is 2.30. The highest BCUT2D eigenvalue weighted by atomic mass is 32.2. The van der Waals surface area contributed by atoms with Gasteiger partial charge in [0.25, 0.3) is 0 Å². The van der Waals surface area contributed by atoms with Crippen LogP contribution in [0.2, 0.25) is 0 Å². The largest absolute Gasteiger partial charge is 0.493 e. The van der Waals surface area contributed by atoms with E-state index < -0.39 is 0 Å². The third-order valence-electron chi connectivity index (χ3n) is 3.79. The average Bonchev–Trinajstić information content (AvgIpc) is 2.64. The van der Waals surface area contributed by atoms with Crippen LogP contribution in [0.5, 0.6) is 5.75 Å². The van der Waals surface area contributed by atoms with Gasteiger partial charge < -0.3 is 20.1 Å². The van der Waals surface area contributed by atoms with Crippen molar-refractivity contribution in [2.75, 3.05) is 45.4 Å². The van der Waals surface area contributed by atoms with Gasteiger partial charge >= 0.3 is 0 Å². The Balaban J connectivity index is 2.62. The van der Waals surface area contributed by atoms with E-state index in [0.29, 0.717) is 19.8 Å². The first-order valence-electron chi connectivity index (χ1n) is 9.43. The highest BCUT2D eigenvalue weighted by Gasteiger charge is 2.05. The minimum Gasteiger partial charge on any atom is -0.493 e. The number of methoxy groups -OCH3 is 1. The predicted octanol–water partition coefficient (Wildman–Crippen LogP) is 3.61. The van der Waals surface area contributed by atoms with Gasteiger partial charge in [0, 0.05) is 38.8 Å². The molecule has 5 nitrogen and oxygen atoms in total. The maximum absolute atomic E-state index is 5.95. The second kappa shape index (κ2) is 14.7. The standard InChI is InChI=1S/C20H35N3O2S/c1-5-21-20(22-11-6-7-14-26-4)23-16-18-10-9-17(2)15-19(18)25-13-8-12-24-3/h9-10,15H,5-8,11-14,16H2,1-4H3,(H2,21,22,23). The molecule has 0 radical (unpaired) electrons. The van der Waals surface area contributed by atoms with Crippen molar-refractivity contribution >= 4 is 17.7 Å². The van der Waals surface area contributed by atoms with Gasteiger partial charge in [-0.15, -0.1) is 0 Å². The van der Waals surface area contributed by atoms with Crippen molar-refractivity contribution in [1.82, 2.24) is 10.6 Å². The number of aliphatic imine (C=N–C) groups is 1. The van der Waals surface area contributed by atoms with E-state index in [-0.39, 0.29) is 0 Å². The number of rotatable bonds is 13. The summed E-state index contributed by atoms with van der Waals surface area (Å²) in [7, 11) is 1.71.